The molecule has 6 nitrogen and oxygen atoms in total. The fourth-order valence-electron chi connectivity index (χ4n) is 1.70. The largest absolute Gasteiger partial charge is 0.446 e. The fourth-order valence-corrected chi connectivity index (χ4v) is 1.97. The maximum absolute atomic E-state index is 11.9. The highest BCUT2D eigenvalue weighted by Crippen LogP contribution is 2.11. The van der Waals surface area contributed by atoms with Crippen molar-refractivity contribution in [3.05, 3.63) is 52.1 Å². The van der Waals surface area contributed by atoms with Crippen LogP contribution in [0.1, 0.15) is 28.0 Å². The first kappa shape index (κ1) is 15.7. The minimum absolute atomic E-state index is 0.149. The zero-order valence-electron chi connectivity index (χ0n) is 11.3. The molecule has 0 radical (unpaired) electrons. The molecule has 1 heterocycles. The molecule has 0 bridgehead atoms. The molecule has 0 fully saturated rings. The normalized spacial score (nSPS) is 12.1. The number of carbonyl (C=O) groups excluding carboxylic acids is 1. The lowest BCUT2D eigenvalue weighted by atomic mass is 10.1. The molecule has 1 unspecified atom stereocenters. The van der Waals surface area contributed by atoms with E-state index in [1.807, 2.05) is 24.3 Å². The number of hydrogen-bond donors (Lipinski definition) is 3. The molecule has 0 aliphatic carbocycles. The van der Waals surface area contributed by atoms with Crippen LogP contribution in [0.3, 0.4) is 0 Å². The summed E-state index contributed by atoms with van der Waals surface area (Å²) in [6.45, 7) is 0.208. The lowest BCUT2D eigenvalue weighted by molar-refractivity contribution is 0.0949. The number of carbonyl (C=O) groups is 1. The van der Waals surface area contributed by atoms with Gasteiger partial charge in [-0.3, -0.25) is 4.79 Å². The van der Waals surface area contributed by atoms with Crippen molar-refractivity contribution in [1.29, 1.82) is 0 Å². The molecule has 1 amide bonds. The van der Waals surface area contributed by atoms with Crippen molar-refractivity contribution in [1.82, 2.24) is 10.3 Å². The third-order valence-electron chi connectivity index (χ3n) is 2.88. The zero-order chi connectivity index (χ0) is 15.2. The van der Waals surface area contributed by atoms with Crippen LogP contribution in [0.15, 0.2) is 39.4 Å². The lowest BCUT2D eigenvalue weighted by Crippen LogP contribution is -2.26. The summed E-state index contributed by atoms with van der Waals surface area (Å²) < 4.78 is 6.07. The van der Waals surface area contributed by atoms with Crippen molar-refractivity contribution in [2.24, 2.45) is 5.73 Å². The highest BCUT2D eigenvalue weighted by molar-refractivity contribution is 9.10. The van der Waals surface area contributed by atoms with Gasteiger partial charge in [-0.1, -0.05) is 28.1 Å². The second-order valence-electron chi connectivity index (χ2n) is 4.49. The maximum Gasteiger partial charge on any atom is 0.273 e. The summed E-state index contributed by atoms with van der Waals surface area (Å²) in [6, 6.07) is 7.18. The van der Waals surface area contributed by atoms with Crippen LogP contribution in [0.4, 0.5) is 0 Å². The average Bonchev–Trinajstić information content (AvgIpc) is 2.98. The third kappa shape index (κ3) is 4.38. The number of hydrogen-bond acceptors (Lipinski definition) is 5. The fraction of sp³-hybridized carbons (Fsp3) is 0.286. The van der Waals surface area contributed by atoms with Crippen LogP contribution in [0.2, 0.25) is 0 Å². The summed E-state index contributed by atoms with van der Waals surface area (Å²) in [5, 5.41) is 11.6. The molecule has 0 saturated heterocycles. The molecule has 4 N–H and O–H groups in total. The zero-order valence-corrected chi connectivity index (χ0v) is 12.8. The number of oxazole rings is 1. The number of nitrogens with one attached hydrogen (secondary N) is 1. The smallest absolute Gasteiger partial charge is 0.273 e. The van der Waals surface area contributed by atoms with E-state index in [9.17, 15) is 4.79 Å². The minimum Gasteiger partial charge on any atom is -0.446 e. The number of aromatic nitrogens is 1. The highest BCUT2D eigenvalue weighted by Gasteiger charge is 2.15. The molecule has 1 aromatic heterocycles. The van der Waals surface area contributed by atoms with Crippen LogP contribution in [0, 0.1) is 0 Å². The van der Waals surface area contributed by atoms with E-state index >= 15 is 0 Å². The molecule has 2 aromatic rings. The molecule has 1 atom stereocenters. The van der Waals surface area contributed by atoms with E-state index in [4.69, 9.17) is 15.3 Å². The second kappa shape index (κ2) is 7.35. The minimum atomic E-state index is -0.714. The van der Waals surface area contributed by atoms with Gasteiger partial charge in [-0.15, -0.1) is 0 Å². The van der Waals surface area contributed by atoms with Gasteiger partial charge in [-0.2, -0.15) is 0 Å². The number of nitrogens with two attached hydrogens (primary N) is 1. The molecule has 21 heavy (non-hydrogen) atoms. The monoisotopic (exact) mass is 353 g/mol. The summed E-state index contributed by atoms with van der Waals surface area (Å²) in [7, 11) is 0. The van der Waals surface area contributed by atoms with Crippen molar-refractivity contribution in [2.45, 2.75) is 12.5 Å². The Balaban J connectivity index is 1.84. The van der Waals surface area contributed by atoms with Gasteiger partial charge in [0.1, 0.15) is 12.3 Å². The van der Waals surface area contributed by atoms with E-state index < -0.39 is 6.04 Å². The number of amides is 1. The Bertz CT molecular complexity index is 598. The third-order valence-corrected chi connectivity index (χ3v) is 3.41. The van der Waals surface area contributed by atoms with Crippen molar-refractivity contribution >= 4 is 21.8 Å². The lowest BCUT2D eigenvalue weighted by Gasteiger charge is -2.03. The van der Waals surface area contributed by atoms with Crippen LogP contribution in [0.5, 0.6) is 0 Å². The molecular weight excluding hydrogens is 338 g/mol. The number of aliphatic hydroxyl groups excluding tert-OH is 1. The maximum atomic E-state index is 11.9. The molecule has 2 rings (SSSR count). The van der Waals surface area contributed by atoms with E-state index in [2.05, 4.69) is 26.2 Å². The van der Waals surface area contributed by atoms with E-state index in [0.717, 1.165) is 16.5 Å². The second-order valence-corrected chi connectivity index (χ2v) is 5.41. The Morgan fingerprint density at radius 1 is 1.43 bits per heavy atom. The molecule has 0 aliphatic heterocycles. The van der Waals surface area contributed by atoms with Gasteiger partial charge in [0.05, 0.1) is 6.61 Å². The van der Waals surface area contributed by atoms with Gasteiger partial charge in [0.15, 0.2) is 5.69 Å². The van der Waals surface area contributed by atoms with Gasteiger partial charge in [0.25, 0.3) is 5.91 Å². The first-order chi connectivity index (χ1) is 10.1. The van der Waals surface area contributed by atoms with Gasteiger partial charge >= 0.3 is 0 Å². The summed E-state index contributed by atoms with van der Waals surface area (Å²) in [6.07, 6.45) is 1.96. The quantitative estimate of drug-likeness (QED) is 0.728. The van der Waals surface area contributed by atoms with Crippen LogP contribution < -0.4 is 11.1 Å². The number of rotatable bonds is 6. The predicted octanol–water partition coefficient (Wildman–Crippen LogP) is 1.40. The molecule has 112 valence electrons. The van der Waals surface area contributed by atoms with Gasteiger partial charge < -0.3 is 20.6 Å². The van der Waals surface area contributed by atoms with E-state index in [-0.39, 0.29) is 24.1 Å². The summed E-state index contributed by atoms with van der Waals surface area (Å²) in [4.78, 5) is 15.8. The molecule has 0 aliphatic rings. The molecule has 0 saturated carbocycles. The Kier molecular flexibility index (Phi) is 5.49. The van der Waals surface area contributed by atoms with Gasteiger partial charge in [-0.25, -0.2) is 4.98 Å². The Hall–Kier alpha value is -1.70. The molecule has 0 spiro atoms. The summed E-state index contributed by atoms with van der Waals surface area (Å²) >= 11 is 3.37. The van der Waals surface area contributed by atoms with E-state index in [1.165, 1.54) is 6.26 Å². The van der Waals surface area contributed by atoms with E-state index in [0.29, 0.717) is 6.54 Å². The van der Waals surface area contributed by atoms with Gasteiger partial charge in [0, 0.05) is 11.0 Å². The van der Waals surface area contributed by atoms with Crippen molar-refractivity contribution < 1.29 is 14.3 Å². The summed E-state index contributed by atoms with van der Waals surface area (Å²) in [5.41, 5.74) is 6.84. The van der Waals surface area contributed by atoms with Gasteiger partial charge in [-0.05, 0) is 24.1 Å². The predicted molar refractivity (Wildman–Crippen MR) is 80.7 cm³/mol. The first-order valence-electron chi connectivity index (χ1n) is 6.44. The van der Waals surface area contributed by atoms with Crippen molar-refractivity contribution in [3.8, 4) is 0 Å². The number of benzene rings is 1. The van der Waals surface area contributed by atoms with Crippen LogP contribution in [-0.2, 0) is 6.42 Å². The van der Waals surface area contributed by atoms with Crippen molar-refractivity contribution in [2.75, 3.05) is 13.2 Å². The Labute approximate surface area is 130 Å². The SMILES string of the molecule is NC(CO)c1nc(C(=O)NCCc2ccc(Br)cc2)co1. The number of aliphatic hydroxyl groups is 1. The highest BCUT2D eigenvalue weighted by atomic mass is 79.9. The Morgan fingerprint density at radius 2 is 2.14 bits per heavy atom. The number of nitrogens with zero attached hydrogens (tertiary/aromatic N) is 1. The molecule has 1 aromatic carbocycles. The van der Waals surface area contributed by atoms with E-state index in [1.54, 1.807) is 0 Å². The molecule has 7 heteroatoms. The average molecular weight is 354 g/mol. The molecular formula is C14H16BrN3O3. The standard InChI is InChI=1S/C14H16BrN3O3/c15-10-3-1-9(2-4-10)5-6-17-13(20)12-8-21-14(18-12)11(16)7-19/h1-4,8,11,19H,5-7,16H2,(H,17,20). The first-order valence-corrected chi connectivity index (χ1v) is 7.24. The van der Waals surface area contributed by atoms with Gasteiger partial charge in [0.2, 0.25) is 5.89 Å². The topological polar surface area (TPSA) is 101 Å². The van der Waals surface area contributed by atoms with Crippen molar-refractivity contribution in [3.63, 3.8) is 0 Å². The Morgan fingerprint density at radius 3 is 2.81 bits per heavy atom. The van der Waals surface area contributed by atoms with Crippen LogP contribution in [-0.4, -0.2) is 29.1 Å². The van der Waals surface area contributed by atoms with Crippen LogP contribution >= 0.6 is 15.9 Å². The summed E-state index contributed by atoms with van der Waals surface area (Å²) in [5.74, 6) is -0.178. The van der Waals surface area contributed by atoms with Crippen LogP contribution in [0.25, 0.3) is 0 Å². The number of halogens is 1.